The average Bonchev–Trinajstić information content (AvgIpc) is 2.35. The van der Waals surface area contributed by atoms with Crippen molar-refractivity contribution in [3.8, 4) is 0 Å². The summed E-state index contributed by atoms with van der Waals surface area (Å²) < 4.78 is 0. The maximum absolute atomic E-state index is 11.7. The highest BCUT2D eigenvalue weighted by Gasteiger charge is 2.13. The molecule has 2 atom stereocenters. The predicted molar refractivity (Wildman–Crippen MR) is 77.0 cm³/mol. The van der Waals surface area contributed by atoms with Gasteiger partial charge in [0.1, 0.15) is 0 Å². The van der Waals surface area contributed by atoms with Crippen LogP contribution in [0.25, 0.3) is 0 Å². The lowest BCUT2D eigenvalue weighted by Crippen LogP contribution is -2.31. The number of carbonyl (C=O) groups is 2. The monoisotopic (exact) mass is 271 g/mol. The van der Waals surface area contributed by atoms with Gasteiger partial charge in [-0.3, -0.25) is 9.59 Å². The summed E-state index contributed by atoms with van der Waals surface area (Å²) in [5.74, 6) is -0.131. The lowest BCUT2D eigenvalue weighted by molar-refractivity contribution is -0.137. The predicted octanol–water partition coefficient (Wildman–Crippen LogP) is 3.21. The van der Waals surface area contributed by atoms with E-state index >= 15 is 0 Å². The summed E-state index contributed by atoms with van der Waals surface area (Å²) in [7, 11) is 0. The van der Waals surface area contributed by atoms with Crippen molar-refractivity contribution < 1.29 is 14.7 Å². The third-order valence-corrected chi connectivity index (χ3v) is 3.48. The van der Waals surface area contributed by atoms with Crippen LogP contribution in [0.5, 0.6) is 0 Å². The molecule has 2 N–H and O–H groups in total. The lowest BCUT2D eigenvalue weighted by atomic mass is 9.94. The first-order chi connectivity index (χ1) is 9.01. The maximum Gasteiger partial charge on any atom is 0.303 e. The molecular weight excluding hydrogens is 242 g/mol. The highest BCUT2D eigenvalue weighted by Crippen LogP contribution is 2.17. The van der Waals surface area contributed by atoms with E-state index in [-0.39, 0.29) is 18.2 Å². The number of aliphatic carboxylic acids is 1. The molecule has 4 heteroatoms. The number of carbonyl (C=O) groups excluding carboxylic acids is 1. The Labute approximate surface area is 117 Å². The van der Waals surface area contributed by atoms with E-state index in [0.29, 0.717) is 18.9 Å². The van der Waals surface area contributed by atoms with Gasteiger partial charge in [-0.1, -0.05) is 40.0 Å². The highest BCUT2D eigenvalue weighted by atomic mass is 16.4. The number of amides is 1. The van der Waals surface area contributed by atoms with Gasteiger partial charge in [-0.25, -0.2) is 0 Å². The van der Waals surface area contributed by atoms with Crippen molar-refractivity contribution in [3.05, 3.63) is 0 Å². The van der Waals surface area contributed by atoms with Gasteiger partial charge < -0.3 is 10.4 Å². The molecular formula is C15H29NO3. The molecule has 0 aliphatic rings. The molecule has 0 aromatic heterocycles. The van der Waals surface area contributed by atoms with Crippen molar-refractivity contribution in [2.24, 2.45) is 11.8 Å². The Hall–Kier alpha value is -1.06. The molecule has 2 unspecified atom stereocenters. The molecule has 4 nitrogen and oxygen atoms in total. The number of carboxylic acid groups (broad SMARTS) is 1. The van der Waals surface area contributed by atoms with Crippen molar-refractivity contribution in [2.45, 2.75) is 65.7 Å². The van der Waals surface area contributed by atoms with Crippen LogP contribution >= 0.6 is 0 Å². The van der Waals surface area contributed by atoms with E-state index in [2.05, 4.69) is 19.2 Å². The van der Waals surface area contributed by atoms with E-state index in [4.69, 9.17) is 5.11 Å². The third-order valence-electron chi connectivity index (χ3n) is 3.48. The van der Waals surface area contributed by atoms with Crippen LogP contribution < -0.4 is 5.32 Å². The second-order valence-corrected chi connectivity index (χ2v) is 5.36. The van der Waals surface area contributed by atoms with E-state index in [1.807, 2.05) is 6.92 Å². The Balaban J connectivity index is 3.90. The number of carboxylic acids is 1. The minimum atomic E-state index is -0.735. The maximum atomic E-state index is 11.7. The Morgan fingerprint density at radius 2 is 1.68 bits per heavy atom. The Kier molecular flexibility index (Phi) is 10.2. The van der Waals surface area contributed by atoms with Gasteiger partial charge >= 0.3 is 5.97 Å². The van der Waals surface area contributed by atoms with Crippen molar-refractivity contribution in [2.75, 3.05) is 6.54 Å². The van der Waals surface area contributed by atoms with Gasteiger partial charge in [0.2, 0.25) is 5.91 Å². The fourth-order valence-corrected chi connectivity index (χ4v) is 2.31. The van der Waals surface area contributed by atoms with Gasteiger partial charge in [-0.2, -0.15) is 0 Å². The summed E-state index contributed by atoms with van der Waals surface area (Å²) in [6, 6.07) is 0. The van der Waals surface area contributed by atoms with Gasteiger partial charge in [-0.05, 0) is 25.2 Å². The summed E-state index contributed by atoms with van der Waals surface area (Å²) in [6.45, 7) is 6.80. The number of nitrogens with one attached hydrogen (secondary N) is 1. The molecule has 0 bridgehead atoms. The lowest BCUT2D eigenvalue weighted by Gasteiger charge is -2.16. The van der Waals surface area contributed by atoms with Crippen LogP contribution in [0.3, 0.4) is 0 Å². The SMILES string of the molecule is CCCC(CCNC(=O)C(C)CCC)CCC(=O)O. The smallest absolute Gasteiger partial charge is 0.303 e. The van der Waals surface area contributed by atoms with E-state index in [1.165, 1.54) is 0 Å². The molecule has 19 heavy (non-hydrogen) atoms. The number of hydrogen-bond acceptors (Lipinski definition) is 2. The number of rotatable bonds is 11. The van der Waals surface area contributed by atoms with Crippen molar-refractivity contribution in [1.29, 1.82) is 0 Å². The van der Waals surface area contributed by atoms with Crippen LogP contribution in [0.4, 0.5) is 0 Å². The Morgan fingerprint density at radius 3 is 2.21 bits per heavy atom. The molecule has 0 saturated carbocycles. The standard InChI is InChI=1S/C15H29NO3/c1-4-6-12(3)15(19)16-11-10-13(7-5-2)8-9-14(17)18/h12-13H,4-11H2,1-3H3,(H,16,19)(H,17,18). The molecule has 0 spiro atoms. The Bertz CT molecular complexity index is 266. The molecule has 0 aliphatic heterocycles. The third kappa shape index (κ3) is 9.51. The molecule has 1 amide bonds. The van der Waals surface area contributed by atoms with Gasteiger partial charge in [-0.15, -0.1) is 0 Å². The van der Waals surface area contributed by atoms with Crippen LogP contribution in [0, 0.1) is 11.8 Å². The quantitative estimate of drug-likeness (QED) is 0.606. The molecule has 0 heterocycles. The first-order valence-electron chi connectivity index (χ1n) is 7.50. The molecule has 0 aromatic rings. The van der Waals surface area contributed by atoms with E-state index in [0.717, 1.165) is 32.1 Å². The van der Waals surface area contributed by atoms with Crippen molar-refractivity contribution >= 4 is 11.9 Å². The molecule has 0 aromatic carbocycles. The van der Waals surface area contributed by atoms with Crippen LogP contribution in [0.1, 0.15) is 65.7 Å². The molecule has 0 radical (unpaired) electrons. The van der Waals surface area contributed by atoms with Crippen molar-refractivity contribution in [3.63, 3.8) is 0 Å². The van der Waals surface area contributed by atoms with Crippen LogP contribution in [-0.4, -0.2) is 23.5 Å². The first-order valence-corrected chi connectivity index (χ1v) is 7.50. The van der Waals surface area contributed by atoms with Crippen LogP contribution in [0.15, 0.2) is 0 Å². The minimum Gasteiger partial charge on any atom is -0.481 e. The fraction of sp³-hybridized carbons (Fsp3) is 0.867. The second kappa shape index (κ2) is 10.8. The van der Waals surface area contributed by atoms with E-state index in [1.54, 1.807) is 0 Å². The summed E-state index contributed by atoms with van der Waals surface area (Å²) >= 11 is 0. The highest BCUT2D eigenvalue weighted by molar-refractivity contribution is 5.78. The molecule has 0 rings (SSSR count). The molecule has 112 valence electrons. The normalized spacial score (nSPS) is 13.8. The zero-order valence-electron chi connectivity index (χ0n) is 12.6. The largest absolute Gasteiger partial charge is 0.481 e. The van der Waals surface area contributed by atoms with E-state index in [9.17, 15) is 9.59 Å². The number of hydrogen-bond donors (Lipinski definition) is 2. The summed E-state index contributed by atoms with van der Waals surface area (Å²) in [5, 5.41) is 11.7. The van der Waals surface area contributed by atoms with Gasteiger partial charge in [0.05, 0.1) is 0 Å². The van der Waals surface area contributed by atoms with Crippen LogP contribution in [-0.2, 0) is 9.59 Å². The molecule has 0 fully saturated rings. The Morgan fingerprint density at radius 1 is 1.05 bits per heavy atom. The zero-order valence-corrected chi connectivity index (χ0v) is 12.6. The average molecular weight is 271 g/mol. The zero-order chi connectivity index (χ0) is 14.7. The van der Waals surface area contributed by atoms with Gasteiger partial charge in [0, 0.05) is 18.9 Å². The molecule has 0 aliphatic carbocycles. The fourth-order valence-electron chi connectivity index (χ4n) is 2.31. The van der Waals surface area contributed by atoms with E-state index < -0.39 is 5.97 Å². The van der Waals surface area contributed by atoms with Gasteiger partial charge in [0.15, 0.2) is 0 Å². The van der Waals surface area contributed by atoms with Crippen molar-refractivity contribution in [1.82, 2.24) is 5.32 Å². The van der Waals surface area contributed by atoms with Gasteiger partial charge in [0.25, 0.3) is 0 Å². The topological polar surface area (TPSA) is 66.4 Å². The second-order valence-electron chi connectivity index (χ2n) is 5.36. The summed E-state index contributed by atoms with van der Waals surface area (Å²) in [4.78, 5) is 22.3. The molecule has 0 saturated heterocycles. The van der Waals surface area contributed by atoms with Crippen LogP contribution in [0.2, 0.25) is 0 Å². The minimum absolute atomic E-state index is 0.0774. The summed E-state index contributed by atoms with van der Waals surface area (Å²) in [6.07, 6.45) is 5.85. The first kappa shape index (κ1) is 17.9. The summed E-state index contributed by atoms with van der Waals surface area (Å²) in [5.41, 5.74) is 0.